The van der Waals surface area contributed by atoms with E-state index in [9.17, 15) is 0 Å². The first-order valence-electron chi connectivity index (χ1n) is 5.97. The van der Waals surface area contributed by atoms with Gasteiger partial charge in [0.2, 0.25) is 0 Å². The fourth-order valence-electron chi connectivity index (χ4n) is 1.57. The molecule has 0 heterocycles. The van der Waals surface area contributed by atoms with E-state index in [1.54, 1.807) is 0 Å². The summed E-state index contributed by atoms with van der Waals surface area (Å²) in [6.07, 6.45) is 8.40. The molecule has 0 rings (SSSR count). The third kappa shape index (κ3) is 11.1. The van der Waals surface area contributed by atoms with E-state index in [0.717, 1.165) is 6.42 Å². The van der Waals surface area contributed by atoms with Crippen LogP contribution < -0.4 is 0 Å². The Morgan fingerprint density at radius 3 is 1.60 bits per heavy atom. The first-order chi connectivity index (χ1) is 7.02. The van der Waals surface area contributed by atoms with E-state index in [-0.39, 0.29) is 0 Å². The van der Waals surface area contributed by atoms with Crippen molar-refractivity contribution in [3.05, 3.63) is 36.5 Å². The molecule has 0 aromatic carbocycles. The Bertz CT molecular complexity index is 220. The third-order valence-corrected chi connectivity index (χ3v) is 2.52. The molecule has 0 aliphatic heterocycles. The smallest absolute Gasteiger partial charge is 0.0320 e. The second kappa shape index (κ2) is 8.52. The van der Waals surface area contributed by atoms with Crippen molar-refractivity contribution < 1.29 is 0 Å². The van der Waals surface area contributed by atoms with Gasteiger partial charge in [-0.1, -0.05) is 23.3 Å². The lowest BCUT2D eigenvalue weighted by molar-refractivity contribution is 0.691. The van der Waals surface area contributed by atoms with E-state index < -0.39 is 0 Å². The van der Waals surface area contributed by atoms with Crippen LogP contribution in [0.5, 0.6) is 0 Å². The highest BCUT2D eigenvalue weighted by atomic mass is 14.0. The zero-order chi connectivity index (χ0) is 11.7. The molecular weight excluding hydrogens is 180 g/mol. The van der Waals surface area contributed by atoms with Gasteiger partial charge in [-0.3, -0.25) is 0 Å². The standard InChI is InChI=1S/C15H26/c1-13(2)9-6-7-11-15(5)12-8-10-14(3)4/h1,3,5-12H2,2,4H3. The molecule has 0 aromatic rings. The Kier molecular flexibility index (Phi) is 8.08. The number of allylic oxidation sites excluding steroid dienone is 3. The highest BCUT2D eigenvalue weighted by molar-refractivity contribution is 4.96. The number of hydrogen-bond donors (Lipinski definition) is 0. The van der Waals surface area contributed by atoms with Gasteiger partial charge in [0.1, 0.15) is 0 Å². The molecule has 0 bridgehead atoms. The number of unbranched alkanes of at least 4 members (excludes halogenated alkanes) is 1. The van der Waals surface area contributed by atoms with Crippen molar-refractivity contribution in [2.24, 2.45) is 0 Å². The molecule has 0 nitrogen and oxygen atoms in total. The van der Waals surface area contributed by atoms with Crippen molar-refractivity contribution in [3.8, 4) is 0 Å². The topological polar surface area (TPSA) is 0 Å². The summed E-state index contributed by atoms with van der Waals surface area (Å²) in [5, 5.41) is 0. The van der Waals surface area contributed by atoms with Crippen LogP contribution >= 0.6 is 0 Å². The molecule has 0 unspecified atom stereocenters. The largest absolute Gasteiger partial charge is 0.100 e. The van der Waals surface area contributed by atoms with Crippen molar-refractivity contribution in [3.63, 3.8) is 0 Å². The lowest BCUT2D eigenvalue weighted by atomic mass is 10.0. The van der Waals surface area contributed by atoms with E-state index in [0.29, 0.717) is 0 Å². The van der Waals surface area contributed by atoms with Gasteiger partial charge in [-0.15, -0.1) is 13.2 Å². The van der Waals surface area contributed by atoms with Crippen molar-refractivity contribution in [2.75, 3.05) is 0 Å². The van der Waals surface area contributed by atoms with Crippen molar-refractivity contribution in [1.82, 2.24) is 0 Å². The Labute approximate surface area is 95.8 Å². The normalized spacial score (nSPS) is 10.0. The molecule has 0 aliphatic rings. The Hall–Kier alpha value is -0.780. The summed E-state index contributed by atoms with van der Waals surface area (Å²) in [7, 11) is 0. The molecule has 0 saturated heterocycles. The van der Waals surface area contributed by atoms with Crippen LogP contribution in [0.2, 0.25) is 0 Å². The van der Waals surface area contributed by atoms with Crippen LogP contribution in [0.4, 0.5) is 0 Å². The van der Waals surface area contributed by atoms with Gasteiger partial charge in [0.25, 0.3) is 0 Å². The summed E-state index contributed by atoms with van der Waals surface area (Å²) in [5.41, 5.74) is 3.98. The van der Waals surface area contributed by atoms with Gasteiger partial charge in [-0.2, -0.15) is 0 Å². The SMILES string of the molecule is C=C(C)CCCCC(=C)CCCC(=C)C. The van der Waals surface area contributed by atoms with Crippen molar-refractivity contribution >= 4 is 0 Å². The molecule has 0 saturated carbocycles. The molecule has 0 N–H and O–H groups in total. The zero-order valence-corrected chi connectivity index (χ0v) is 10.6. The lowest BCUT2D eigenvalue weighted by Gasteiger charge is -2.05. The maximum atomic E-state index is 4.12. The summed E-state index contributed by atoms with van der Waals surface area (Å²) in [4.78, 5) is 0. The van der Waals surface area contributed by atoms with Crippen LogP contribution in [-0.4, -0.2) is 0 Å². The number of hydrogen-bond acceptors (Lipinski definition) is 0. The molecule has 15 heavy (non-hydrogen) atoms. The summed E-state index contributed by atoms with van der Waals surface area (Å²) in [5.74, 6) is 0. The summed E-state index contributed by atoms with van der Waals surface area (Å²) < 4.78 is 0. The Morgan fingerprint density at radius 2 is 1.07 bits per heavy atom. The van der Waals surface area contributed by atoms with Gasteiger partial charge in [0.05, 0.1) is 0 Å². The van der Waals surface area contributed by atoms with Gasteiger partial charge in [0.15, 0.2) is 0 Å². The van der Waals surface area contributed by atoms with Crippen molar-refractivity contribution in [1.29, 1.82) is 0 Å². The molecular formula is C15H26. The first-order valence-corrected chi connectivity index (χ1v) is 5.97. The van der Waals surface area contributed by atoms with E-state index in [1.165, 1.54) is 55.2 Å². The lowest BCUT2D eigenvalue weighted by Crippen LogP contribution is -1.85. The average molecular weight is 206 g/mol. The molecule has 0 heteroatoms. The van der Waals surface area contributed by atoms with Crippen LogP contribution in [0.1, 0.15) is 58.8 Å². The van der Waals surface area contributed by atoms with Gasteiger partial charge in [0, 0.05) is 0 Å². The predicted octanol–water partition coefficient (Wildman–Crippen LogP) is 5.43. The van der Waals surface area contributed by atoms with Crippen molar-refractivity contribution in [2.45, 2.75) is 58.8 Å². The minimum Gasteiger partial charge on any atom is -0.100 e. The van der Waals surface area contributed by atoms with Crippen LogP contribution in [0.15, 0.2) is 36.5 Å². The molecule has 0 atom stereocenters. The van der Waals surface area contributed by atoms with E-state index in [1.807, 2.05) is 0 Å². The third-order valence-electron chi connectivity index (χ3n) is 2.52. The summed E-state index contributed by atoms with van der Waals surface area (Å²) in [6.45, 7) is 16.1. The zero-order valence-electron chi connectivity index (χ0n) is 10.6. The molecule has 0 aliphatic carbocycles. The maximum Gasteiger partial charge on any atom is -0.0320 e. The number of rotatable bonds is 9. The van der Waals surface area contributed by atoms with E-state index in [2.05, 4.69) is 33.6 Å². The molecule has 0 amide bonds. The monoisotopic (exact) mass is 206 g/mol. The molecule has 0 aromatic heterocycles. The fraction of sp³-hybridized carbons (Fsp3) is 0.600. The fourth-order valence-corrected chi connectivity index (χ4v) is 1.57. The maximum absolute atomic E-state index is 4.12. The van der Waals surface area contributed by atoms with Crippen LogP contribution in [0.3, 0.4) is 0 Å². The first kappa shape index (κ1) is 14.2. The quantitative estimate of drug-likeness (QED) is 0.349. The van der Waals surface area contributed by atoms with Crippen LogP contribution in [-0.2, 0) is 0 Å². The molecule has 0 fully saturated rings. The highest BCUT2D eigenvalue weighted by Gasteiger charge is 1.96. The Balaban J connectivity index is 3.33. The Morgan fingerprint density at radius 1 is 0.667 bits per heavy atom. The molecule has 86 valence electrons. The predicted molar refractivity (Wildman–Crippen MR) is 71.1 cm³/mol. The van der Waals surface area contributed by atoms with Crippen LogP contribution in [0.25, 0.3) is 0 Å². The second-order valence-corrected chi connectivity index (χ2v) is 4.72. The van der Waals surface area contributed by atoms with Gasteiger partial charge in [-0.05, 0) is 58.8 Å². The summed E-state index contributed by atoms with van der Waals surface area (Å²) >= 11 is 0. The highest BCUT2D eigenvalue weighted by Crippen LogP contribution is 2.16. The average Bonchev–Trinajstić information content (AvgIpc) is 2.11. The van der Waals surface area contributed by atoms with Gasteiger partial charge in [-0.25, -0.2) is 0 Å². The minimum absolute atomic E-state index is 1.14. The van der Waals surface area contributed by atoms with Gasteiger partial charge < -0.3 is 0 Å². The second-order valence-electron chi connectivity index (χ2n) is 4.72. The minimum atomic E-state index is 1.14. The van der Waals surface area contributed by atoms with Crippen LogP contribution in [0, 0.1) is 0 Å². The molecule has 0 spiro atoms. The van der Waals surface area contributed by atoms with E-state index in [4.69, 9.17) is 0 Å². The van der Waals surface area contributed by atoms with Gasteiger partial charge >= 0.3 is 0 Å². The summed E-state index contributed by atoms with van der Waals surface area (Å²) in [6, 6.07) is 0. The van der Waals surface area contributed by atoms with E-state index >= 15 is 0 Å². The molecule has 0 radical (unpaired) electrons.